The van der Waals surface area contributed by atoms with Crippen LogP contribution in [0.5, 0.6) is 0 Å². The van der Waals surface area contributed by atoms with Crippen molar-refractivity contribution in [3.05, 3.63) is 0 Å². The lowest BCUT2D eigenvalue weighted by molar-refractivity contribution is -0.147. The van der Waals surface area contributed by atoms with Gasteiger partial charge in [0.05, 0.1) is 13.0 Å². The highest BCUT2D eigenvalue weighted by atomic mass is 35.5. The number of hydrogen-bond acceptors (Lipinski definition) is 3. The number of hydrogen-bond donors (Lipinski definition) is 1. The zero-order valence-corrected chi connectivity index (χ0v) is 8.32. The Morgan fingerprint density at radius 2 is 2.25 bits per heavy atom. The van der Waals surface area contributed by atoms with Gasteiger partial charge in [0, 0.05) is 6.54 Å². The van der Waals surface area contributed by atoms with E-state index in [9.17, 15) is 4.79 Å². The van der Waals surface area contributed by atoms with Crippen LogP contribution in [0.15, 0.2) is 0 Å². The van der Waals surface area contributed by atoms with Crippen molar-refractivity contribution in [2.24, 2.45) is 11.8 Å². The highest BCUT2D eigenvalue weighted by molar-refractivity contribution is 5.85. The summed E-state index contributed by atoms with van der Waals surface area (Å²) in [5, 5.41) is 3.18. The Bertz CT molecular complexity index is 152. The molecule has 12 heavy (non-hydrogen) atoms. The molecule has 0 radical (unpaired) electrons. The van der Waals surface area contributed by atoms with Crippen LogP contribution >= 0.6 is 12.4 Å². The van der Waals surface area contributed by atoms with Crippen molar-refractivity contribution in [1.29, 1.82) is 0 Å². The van der Waals surface area contributed by atoms with Crippen LogP contribution in [0.1, 0.15) is 13.3 Å². The second kappa shape index (κ2) is 5.38. The lowest BCUT2D eigenvalue weighted by Gasteiger charge is -2.26. The van der Waals surface area contributed by atoms with Crippen molar-refractivity contribution in [2.45, 2.75) is 13.3 Å². The molecule has 1 fully saturated rings. The fourth-order valence-corrected chi connectivity index (χ4v) is 1.46. The third kappa shape index (κ3) is 2.64. The van der Waals surface area contributed by atoms with Crippen LogP contribution in [0.2, 0.25) is 0 Å². The van der Waals surface area contributed by atoms with E-state index in [4.69, 9.17) is 0 Å². The minimum Gasteiger partial charge on any atom is -0.469 e. The van der Waals surface area contributed by atoms with E-state index in [2.05, 4.69) is 17.0 Å². The van der Waals surface area contributed by atoms with Crippen molar-refractivity contribution < 1.29 is 9.53 Å². The van der Waals surface area contributed by atoms with Gasteiger partial charge in [-0.1, -0.05) is 6.92 Å². The molecule has 0 aromatic heterocycles. The normalized spacial score (nSPS) is 28.8. The van der Waals surface area contributed by atoms with Crippen molar-refractivity contribution in [2.75, 3.05) is 20.2 Å². The van der Waals surface area contributed by atoms with Crippen molar-refractivity contribution in [3.8, 4) is 0 Å². The highest BCUT2D eigenvalue weighted by Gasteiger charge is 2.27. The Hall–Kier alpha value is -0.280. The van der Waals surface area contributed by atoms with E-state index < -0.39 is 0 Å². The smallest absolute Gasteiger partial charge is 0.310 e. The Morgan fingerprint density at radius 1 is 1.58 bits per heavy atom. The van der Waals surface area contributed by atoms with Crippen LogP contribution in [0.3, 0.4) is 0 Å². The van der Waals surface area contributed by atoms with Crippen LogP contribution in [-0.4, -0.2) is 26.2 Å². The van der Waals surface area contributed by atoms with Crippen LogP contribution < -0.4 is 5.32 Å². The maximum Gasteiger partial charge on any atom is 0.310 e. The average Bonchev–Trinajstić information content (AvgIpc) is 2.04. The molecule has 0 saturated carbocycles. The first-order chi connectivity index (χ1) is 5.25. The SMILES string of the molecule is COC(=O)[C@@H]1CNCC[C@H]1C.Cl. The lowest BCUT2D eigenvalue weighted by Crippen LogP contribution is -2.40. The molecule has 1 heterocycles. The van der Waals surface area contributed by atoms with Gasteiger partial charge in [0.25, 0.3) is 0 Å². The van der Waals surface area contributed by atoms with E-state index in [0.717, 1.165) is 19.5 Å². The maximum atomic E-state index is 11.1. The van der Waals surface area contributed by atoms with Gasteiger partial charge >= 0.3 is 5.97 Å². The number of carbonyl (C=O) groups is 1. The van der Waals surface area contributed by atoms with Crippen molar-refractivity contribution in [3.63, 3.8) is 0 Å². The molecule has 0 amide bonds. The summed E-state index contributed by atoms with van der Waals surface area (Å²) in [6.07, 6.45) is 1.07. The number of nitrogens with one attached hydrogen (secondary N) is 1. The van der Waals surface area contributed by atoms with Gasteiger partial charge in [0.2, 0.25) is 0 Å². The van der Waals surface area contributed by atoms with E-state index in [-0.39, 0.29) is 24.3 Å². The second-order valence-corrected chi connectivity index (χ2v) is 3.10. The predicted octanol–water partition coefficient (Wildman–Crippen LogP) is 0.827. The third-order valence-corrected chi connectivity index (χ3v) is 2.33. The molecule has 1 saturated heterocycles. The van der Waals surface area contributed by atoms with E-state index in [1.165, 1.54) is 7.11 Å². The van der Waals surface area contributed by atoms with Gasteiger partial charge in [-0.25, -0.2) is 0 Å². The second-order valence-electron chi connectivity index (χ2n) is 3.10. The molecule has 3 nitrogen and oxygen atoms in total. The Labute approximate surface area is 79.3 Å². The van der Waals surface area contributed by atoms with Crippen molar-refractivity contribution >= 4 is 18.4 Å². The first-order valence-electron chi connectivity index (χ1n) is 4.04. The summed E-state index contributed by atoms with van der Waals surface area (Å²) in [4.78, 5) is 11.1. The molecule has 0 unspecified atom stereocenters. The number of esters is 1. The molecule has 1 rings (SSSR count). The zero-order chi connectivity index (χ0) is 8.27. The number of ether oxygens (including phenoxy) is 1. The largest absolute Gasteiger partial charge is 0.469 e. The molecule has 0 spiro atoms. The molecule has 0 bridgehead atoms. The number of methoxy groups -OCH3 is 1. The zero-order valence-electron chi connectivity index (χ0n) is 7.50. The molecule has 4 heteroatoms. The van der Waals surface area contributed by atoms with Gasteiger partial charge in [0.15, 0.2) is 0 Å². The Morgan fingerprint density at radius 3 is 2.75 bits per heavy atom. The Balaban J connectivity index is 0.00000121. The maximum absolute atomic E-state index is 11.1. The standard InChI is InChI=1S/C8H15NO2.ClH/c1-6-3-4-9-5-7(6)8(10)11-2;/h6-7,9H,3-5H2,1-2H3;1H/t6-,7-;/m1./s1. The summed E-state index contributed by atoms with van der Waals surface area (Å²) < 4.78 is 4.68. The summed E-state index contributed by atoms with van der Waals surface area (Å²) >= 11 is 0. The molecule has 1 aliphatic heterocycles. The van der Waals surface area contributed by atoms with Gasteiger partial charge in [-0.2, -0.15) is 0 Å². The summed E-state index contributed by atoms with van der Waals surface area (Å²) in [5.41, 5.74) is 0. The summed E-state index contributed by atoms with van der Waals surface area (Å²) in [5.74, 6) is 0.446. The van der Waals surface area contributed by atoms with Gasteiger partial charge in [-0.15, -0.1) is 12.4 Å². The molecule has 72 valence electrons. The first kappa shape index (κ1) is 11.7. The molecule has 0 aliphatic carbocycles. The summed E-state index contributed by atoms with van der Waals surface area (Å²) in [6, 6.07) is 0. The number of carbonyl (C=O) groups excluding carboxylic acids is 1. The van der Waals surface area contributed by atoms with Gasteiger partial charge in [-0.05, 0) is 18.9 Å². The summed E-state index contributed by atoms with van der Waals surface area (Å²) in [7, 11) is 1.45. The molecule has 2 atom stereocenters. The highest BCUT2D eigenvalue weighted by Crippen LogP contribution is 2.18. The molecule has 0 aromatic carbocycles. The number of piperidine rings is 1. The molecule has 1 aliphatic rings. The summed E-state index contributed by atoms with van der Waals surface area (Å²) in [6.45, 7) is 3.89. The van der Waals surface area contributed by atoms with Crippen LogP contribution in [0, 0.1) is 11.8 Å². The van der Waals surface area contributed by atoms with Crippen molar-refractivity contribution in [1.82, 2.24) is 5.32 Å². The van der Waals surface area contributed by atoms with Crippen LogP contribution in [0.4, 0.5) is 0 Å². The fourth-order valence-electron chi connectivity index (χ4n) is 1.46. The van der Waals surface area contributed by atoms with E-state index in [0.29, 0.717) is 5.92 Å². The minimum atomic E-state index is -0.0790. The topological polar surface area (TPSA) is 38.3 Å². The van der Waals surface area contributed by atoms with E-state index in [1.54, 1.807) is 0 Å². The molecular formula is C8H16ClNO2. The lowest BCUT2D eigenvalue weighted by atomic mass is 9.88. The monoisotopic (exact) mass is 193 g/mol. The van der Waals surface area contributed by atoms with Crippen LogP contribution in [-0.2, 0) is 9.53 Å². The minimum absolute atomic E-state index is 0. The van der Waals surface area contributed by atoms with E-state index >= 15 is 0 Å². The van der Waals surface area contributed by atoms with Gasteiger partial charge < -0.3 is 10.1 Å². The average molecular weight is 194 g/mol. The fraction of sp³-hybridized carbons (Fsp3) is 0.875. The number of halogens is 1. The first-order valence-corrected chi connectivity index (χ1v) is 4.04. The Kier molecular flexibility index (Phi) is 5.25. The molecular weight excluding hydrogens is 178 g/mol. The quantitative estimate of drug-likeness (QED) is 0.627. The molecule has 0 aromatic rings. The predicted molar refractivity (Wildman–Crippen MR) is 49.4 cm³/mol. The molecule has 1 N–H and O–H groups in total. The third-order valence-electron chi connectivity index (χ3n) is 2.33. The van der Waals surface area contributed by atoms with Gasteiger partial charge in [0.1, 0.15) is 0 Å². The number of rotatable bonds is 1. The van der Waals surface area contributed by atoms with Crippen LogP contribution in [0.25, 0.3) is 0 Å². The van der Waals surface area contributed by atoms with Gasteiger partial charge in [-0.3, -0.25) is 4.79 Å². The van der Waals surface area contributed by atoms with E-state index in [1.807, 2.05) is 0 Å².